The van der Waals surface area contributed by atoms with Crippen molar-refractivity contribution in [2.45, 2.75) is 102 Å². The van der Waals surface area contributed by atoms with Gasteiger partial charge in [-0.3, -0.25) is 4.79 Å². The van der Waals surface area contributed by atoms with E-state index in [4.69, 9.17) is 0 Å². The Bertz CT molecular complexity index is 704. The Balaban J connectivity index is 2.22. The third-order valence-corrected chi connectivity index (χ3v) is 6.82. The lowest BCUT2D eigenvalue weighted by atomic mass is 10.1. The third kappa shape index (κ3) is 10.5. The second kappa shape index (κ2) is 14.5. The number of benzene rings is 1. The smallest absolute Gasteiger partial charge is 0.250 e. The topological polar surface area (TPSA) is 95.5 Å². The van der Waals surface area contributed by atoms with E-state index < -0.39 is 28.1 Å². The summed E-state index contributed by atoms with van der Waals surface area (Å²) in [7, 11) is -3.79. The monoisotopic (exact) mass is 440 g/mol. The maximum Gasteiger partial charge on any atom is 0.250 e. The Morgan fingerprint density at radius 2 is 1.43 bits per heavy atom. The van der Waals surface area contributed by atoms with Crippen LogP contribution in [-0.2, 0) is 14.8 Å². The molecule has 0 aliphatic carbocycles. The predicted molar refractivity (Wildman–Crippen MR) is 122 cm³/mol. The molecule has 1 aromatic rings. The molecule has 30 heavy (non-hydrogen) atoms. The second-order valence-corrected chi connectivity index (χ2v) is 9.85. The molecule has 0 spiro atoms. The van der Waals surface area contributed by atoms with Crippen LogP contribution < -0.4 is 10.0 Å². The van der Waals surface area contributed by atoms with Gasteiger partial charge in [-0.15, -0.1) is 0 Å². The van der Waals surface area contributed by atoms with Crippen LogP contribution in [0.25, 0.3) is 0 Å². The number of nitrogens with one attached hydrogen (secondary N) is 2. The summed E-state index contributed by atoms with van der Waals surface area (Å²) >= 11 is 0. The predicted octanol–water partition coefficient (Wildman–Crippen LogP) is 4.06. The molecule has 1 aromatic carbocycles. The molecular weight excluding hydrogens is 400 g/mol. The Labute approximate surface area is 182 Å². The first-order chi connectivity index (χ1) is 14.3. The summed E-state index contributed by atoms with van der Waals surface area (Å²) in [6.07, 6.45) is 10.7. The zero-order valence-electron chi connectivity index (χ0n) is 18.8. The number of sulfonamides is 1. The molecule has 0 heterocycles. The van der Waals surface area contributed by atoms with Gasteiger partial charge in [0.2, 0.25) is 10.0 Å². The highest BCUT2D eigenvalue weighted by molar-refractivity contribution is 7.89. The van der Waals surface area contributed by atoms with E-state index in [0.717, 1.165) is 24.8 Å². The van der Waals surface area contributed by atoms with Crippen LogP contribution in [0, 0.1) is 6.92 Å². The Morgan fingerprint density at radius 3 is 1.97 bits per heavy atom. The Morgan fingerprint density at radius 1 is 0.933 bits per heavy atom. The molecule has 7 heteroatoms. The average Bonchev–Trinajstić information content (AvgIpc) is 2.71. The largest absolute Gasteiger partial charge is 0.382 e. The quantitative estimate of drug-likeness (QED) is 0.338. The molecule has 0 radical (unpaired) electrons. The zero-order valence-corrected chi connectivity index (χ0v) is 19.6. The molecule has 0 aliphatic heterocycles. The highest BCUT2D eigenvalue weighted by atomic mass is 32.2. The summed E-state index contributed by atoms with van der Waals surface area (Å²) in [6, 6.07) is 5.48. The first-order valence-electron chi connectivity index (χ1n) is 11.3. The maximum atomic E-state index is 12.4. The van der Waals surface area contributed by atoms with Gasteiger partial charge in [0, 0.05) is 6.54 Å². The minimum Gasteiger partial charge on any atom is -0.382 e. The molecule has 2 atom stereocenters. The van der Waals surface area contributed by atoms with E-state index in [0.29, 0.717) is 6.54 Å². The molecule has 6 nitrogen and oxygen atoms in total. The van der Waals surface area contributed by atoms with Crippen molar-refractivity contribution in [1.82, 2.24) is 10.0 Å². The lowest BCUT2D eigenvalue weighted by molar-refractivity contribution is -0.130. The van der Waals surface area contributed by atoms with Gasteiger partial charge >= 0.3 is 0 Å². The first kappa shape index (κ1) is 26.6. The summed E-state index contributed by atoms with van der Waals surface area (Å²) in [4.78, 5) is 12.2. The van der Waals surface area contributed by atoms with E-state index in [9.17, 15) is 18.3 Å². The lowest BCUT2D eigenvalue weighted by Crippen LogP contribution is -2.49. The van der Waals surface area contributed by atoms with Crippen LogP contribution in [0.4, 0.5) is 0 Å². The highest BCUT2D eigenvalue weighted by Gasteiger charge is 2.27. The fourth-order valence-corrected chi connectivity index (χ4v) is 4.50. The van der Waals surface area contributed by atoms with Crippen molar-refractivity contribution in [1.29, 1.82) is 0 Å². The number of rotatable bonds is 16. The summed E-state index contributed by atoms with van der Waals surface area (Å²) in [5, 5.41) is 12.9. The number of unbranched alkanes of at least 4 members (excludes halogenated alkanes) is 9. The van der Waals surface area contributed by atoms with E-state index in [2.05, 4.69) is 17.0 Å². The van der Waals surface area contributed by atoms with Crippen LogP contribution in [0.5, 0.6) is 0 Å². The van der Waals surface area contributed by atoms with Crippen molar-refractivity contribution in [3.8, 4) is 0 Å². The van der Waals surface area contributed by atoms with Crippen molar-refractivity contribution in [2.75, 3.05) is 6.54 Å². The van der Waals surface area contributed by atoms with Gasteiger partial charge in [-0.25, -0.2) is 13.1 Å². The van der Waals surface area contributed by atoms with Gasteiger partial charge in [-0.05, 0) is 32.4 Å². The molecular formula is C23H40N2O4S. The molecule has 172 valence electrons. The number of hydrogen-bond donors (Lipinski definition) is 3. The minimum atomic E-state index is -3.79. The number of hydrogen-bond acceptors (Lipinski definition) is 4. The SMILES string of the molecule is CCCCCCCCCCCCNC(=O)[C@H](O)[C@H](C)NS(=O)(=O)c1ccc(C)cc1. The van der Waals surface area contributed by atoms with E-state index >= 15 is 0 Å². The van der Waals surface area contributed by atoms with Gasteiger partial charge in [0.1, 0.15) is 6.10 Å². The van der Waals surface area contributed by atoms with Crippen LogP contribution in [0.1, 0.15) is 83.6 Å². The number of carbonyl (C=O) groups is 1. The van der Waals surface area contributed by atoms with Crippen LogP contribution in [0.15, 0.2) is 29.2 Å². The standard InChI is InChI=1S/C23H40N2O4S/c1-4-5-6-7-8-9-10-11-12-13-18-24-23(27)22(26)20(3)25-30(28,29)21-16-14-19(2)15-17-21/h14-17,20,22,25-26H,4-13,18H2,1-3H3,(H,24,27)/t20-,22+/m0/s1. The third-order valence-electron chi connectivity index (χ3n) is 5.24. The van der Waals surface area contributed by atoms with Crippen LogP contribution in [0.3, 0.4) is 0 Å². The molecule has 0 bridgehead atoms. The molecule has 1 rings (SSSR count). The van der Waals surface area contributed by atoms with Crippen molar-refractivity contribution in [3.63, 3.8) is 0 Å². The number of amides is 1. The van der Waals surface area contributed by atoms with Gasteiger partial charge in [0.05, 0.1) is 10.9 Å². The van der Waals surface area contributed by atoms with Gasteiger partial charge in [-0.2, -0.15) is 0 Å². The summed E-state index contributed by atoms with van der Waals surface area (Å²) in [5.41, 5.74) is 0.952. The number of aliphatic hydroxyl groups is 1. The van der Waals surface area contributed by atoms with Gasteiger partial charge in [0.25, 0.3) is 5.91 Å². The summed E-state index contributed by atoms with van der Waals surface area (Å²) in [5.74, 6) is -0.551. The van der Waals surface area contributed by atoms with Crippen molar-refractivity contribution >= 4 is 15.9 Å². The van der Waals surface area contributed by atoms with Crippen molar-refractivity contribution < 1.29 is 18.3 Å². The fraction of sp³-hybridized carbons (Fsp3) is 0.696. The number of aryl methyl sites for hydroxylation is 1. The lowest BCUT2D eigenvalue weighted by Gasteiger charge is -2.20. The van der Waals surface area contributed by atoms with Gasteiger partial charge < -0.3 is 10.4 Å². The Hall–Kier alpha value is -1.44. The van der Waals surface area contributed by atoms with Crippen LogP contribution in [-0.4, -0.2) is 38.1 Å². The second-order valence-electron chi connectivity index (χ2n) is 8.14. The van der Waals surface area contributed by atoms with Crippen molar-refractivity contribution in [3.05, 3.63) is 29.8 Å². The summed E-state index contributed by atoms with van der Waals surface area (Å²) in [6.45, 7) is 6.07. The van der Waals surface area contributed by atoms with Gasteiger partial charge in [0.15, 0.2) is 0 Å². The van der Waals surface area contributed by atoms with E-state index in [-0.39, 0.29) is 4.90 Å². The molecule has 0 saturated carbocycles. The fourth-order valence-electron chi connectivity index (χ4n) is 3.25. The normalized spacial score (nSPS) is 13.7. The molecule has 1 amide bonds. The minimum absolute atomic E-state index is 0.109. The first-order valence-corrected chi connectivity index (χ1v) is 12.8. The molecule has 0 aliphatic rings. The molecule has 3 N–H and O–H groups in total. The average molecular weight is 441 g/mol. The van der Waals surface area contributed by atoms with Crippen LogP contribution in [0.2, 0.25) is 0 Å². The Kier molecular flexibility index (Phi) is 12.9. The molecule has 0 fully saturated rings. The van der Waals surface area contributed by atoms with E-state index in [1.54, 1.807) is 12.1 Å². The number of aliphatic hydroxyl groups excluding tert-OH is 1. The molecule has 0 unspecified atom stereocenters. The van der Waals surface area contributed by atoms with Crippen molar-refractivity contribution in [2.24, 2.45) is 0 Å². The van der Waals surface area contributed by atoms with Crippen LogP contribution >= 0.6 is 0 Å². The highest BCUT2D eigenvalue weighted by Crippen LogP contribution is 2.12. The molecule has 0 saturated heterocycles. The maximum absolute atomic E-state index is 12.4. The van der Waals surface area contributed by atoms with E-state index in [1.165, 1.54) is 64.0 Å². The molecule has 0 aromatic heterocycles. The number of carbonyl (C=O) groups excluding carboxylic acids is 1. The van der Waals surface area contributed by atoms with E-state index in [1.807, 2.05) is 6.92 Å². The summed E-state index contributed by atoms with van der Waals surface area (Å²) < 4.78 is 27.1. The zero-order chi connectivity index (χ0) is 22.4. The van der Waals surface area contributed by atoms with Gasteiger partial charge in [-0.1, -0.05) is 82.4 Å².